The number of carbonyl (C=O) groups excluding carboxylic acids is 2. The number of amides is 2. The number of carbonyl (C=O) groups is 2. The fourth-order valence-corrected chi connectivity index (χ4v) is 4.20. The van der Waals surface area contributed by atoms with Crippen molar-refractivity contribution < 1.29 is 19.1 Å². The second kappa shape index (κ2) is 11.1. The van der Waals surface area contributed by atoms with Crippen molar-refractivity contribution in [1.29, 1.82) is 0 Å². The summed E-state index contributed by atoms with van der Waals surface area (Å²) in [6.45, 7) is 12.5. The number of alkyl carbamates (subject to hydrolysis) is 1. The first kappa shape index (κ1) is 26.6. The van der Waals surface area contributed by atoms with Gasteiger partial charge < -0.3 is 20.1 Å². The van der Waals surface area contributed by atoms with Crippen LogP contribution in [0, 0.1) is 10.8 Å². The summed E-state index contributed by atoms with van der Waals surface area (Å²) in [5.41, 5.74) is 2.96. The summed E-state index contributed by atoms with van der Waals surface area (Å²) in [6.07, 6.45) is 3.44. The minimum absolute atomic E-state index is 0.0905. The molecule has 0 aromatic heterocycles. The van der Waals surface area contributed by atoms with Crippen molar-refractivity contribution in [3.8, 4) is 16.9 Å². The van der Waals surface area contributed by atoms with Crippen LogP contribution < -0.4 is 15.4 Å². The highest BCUT2D eigenvalue weighted by molar-refractivity contribution is 5.89. The number of hydrogen-bond acceptors (Lipinski definition) is 4. The van der Waals surface area contributed by atoms with E-state index in [2.05, 4.69) is 24.5 Å². The highest BCUT2D eigenvalue weighted by Gasteiger charge is 2.32. The van der Waals surface area contributed by atoms with Crippen LogP contribution in [-0.4, -0.2) is 30.8 Å². The Morgan fingerprint density at radius 2 is 1.51 bits per heavy atom. The quantitative estimate of drug-likeness (QED) is 0.457. The number of anilines is 1. The van der Waals surface area contributed by atoms with Crippen LogP contribution in [0.4, 0.5) is 10.5 Å². The first-order valence-electron chi connectivity index (χ1n) is 12.5. The van der Waals surface area contributed by atoms with Gasteiger partial charge >= 0.3 is 6.09 Å². The zero-order valence-electron chi connectivity index (χ0n) is 21.9. The lowest BCUT2D eigenvalue weighted by molar-refractivity contribution is -0.114. The van der Waals surface area contributed by atoms with Gasteiger partial charge in [0, 0.05) is 24.1 Å². The van der Waals surface area contributed by atoms with Gasteiger partial charge in [0.2, 0.25) is 5.91 Å². The molecule has 6 nitrogen and oxygen atoms in total. The van der Waals surface area contributed by atoms with Crippen molar-refractivity contribution >= 4 is 17.7 Å². The molecule has 2 aromatic rings. The molecule has 3 rings (SSSR count). The smallest absolute Gasteiger partial charge is 0.407 e. The Balaban J connectivity index is 1.54. The monoisotopic (exact) mass is 480 g/mol. The molecule has 0 aliphatic heterocycles. The Hall–Kier alpha value is -3.02. The summed E-state index contributed by atoms with van der Waals surface area (Å²) in [4.78, 5) is 23.8. The number of rotatable bonds is 7. The Bertz CT molecular complexity index is 981. The standard InChI is InChI=1S/C29H40N2O4/c1-20(32)30-23-11-7-21(8-12-23)22-9-13-25(14-10-22)34-19-26(28(2,3)4)35-27(33)31-24-15-17-29(5,6)18-16-24/h7-14,24,26H,15-19H2,1-6H3,(H,30,32)(H,31,33). The fraction of sp³-hybridized carbons (Fsp3) is 0.517. The third-order valence-electron chi connectivity index (χ3n) is 6.67. The van der Waals surface area contributed by atoms with Gasteiger partial charge in [-0.2, -0.15) is 0 Å². The van der Waals surface area contributed by atoms with Crippen molar-refractivity contribution in [1.82, 2.24) is 5.32 Å². The van der Waals surface area contributed by atoms with Gasteiger partial charge in [-0.15, -0.1) is 0 Å². The first-order chi connectivity index (χ1) is 16.4. The molecule has 35 heavy (non-hydrogen) atoms. The molecule has 0 spiro atoms. The summed E-state index contributed by atoms with van der Waals surface area (Å²) in [5, 5.41) is 5.83. The van der Waals surface area contributed by atoms with Gasteiger partial charge in [-0.25, -0.2) is 4.79 Å². The zero-order valence-corrected chi connectivity index (χ0v) is 21.9. The van der Waals surface area contributed by atoms with Crippen LogP contribution in [0.25, 0.3) is 11.1 Å². The number of ether oxygens (including phenoxy) is 2. The van der Waals surface area contributed by atoms with Crippen molar-refractivity contribution in [2.75, 3.05) is 11.9 Å². The molecular weight excluding hydrogens is 440 g/mol. The molecule has 2 amide bonds. The van der Waals surface area contributed by atoms with E-state index in [1.165, 1.54) is 6.92 Å². The largest absolute Gasteiger partial charge is 0.490 e. The minimum atomic E-state index is -0.386. The van der Waals surface area contributed by atoms with Gasteiger partial charge in [-0.1, -0.05) is 58.9 Å². The lowest BCUT2D eigenvalue weighted by atomic mass is 9.76. The Labute approximate surface area is 209 Å². The van der Waals surface area contributed by atoms with Gasteiger partial charge in [0.15, 0.2) is 0 Å². The van der Waals surface area contributed by atoms with Crippen molar-refractivity contribution in [3.05, 3.63) is 48.5 Å². The molecule has 1 aliphatic rings. The predicted octanol–water partition coefficient (Wildman–Crippen LogP) is 6.80. The minimum Gasteiger partial charge on any atom is -0.490 e. The van der Waals surface area contributed by atoms with Crippen LogP contribution >= 0.6 is 0 Å². The topological polar surface area (TPSA) is 76.7 Å². The van der Waals surface area contributed by atoms with Crippen molar-refractivity contribution in [2.24, 2.45) is 10.8 Å². The van der Waals surface area contributed by atoms with E-state index < -0.39 is 0 Å². The Morgan fingerprint density at radius 1 is 0.971 bits per heavy atom. The van der Waals surface area contributed by atoms with Crippen LogP contribution in [0.2, 0.25) is 0 Å². The van der Waals surface area contributed by atoms with E-state index in [-0.39, 0.29) is 36.2 Å². The summed E-state index contributed by atoms with van der Waals surface area (Å²) in [5.74, 6) is 0.628. The molecule has 0 saturated heterocycles. The summed E-state index contributed by atoms with van der Waals surface area (Å²) in [7, 11) is 0. The van der Waals surface area contributed by atoms with E-state index in [0.29, 0.717) is 5.41 Å². The van der Waals surface area contributed by atoms with E-state index >= 15 is 0 Å². The van der Waals surface area contributed by atoms with Crippen molar-refractivity contribution in [2.45, 2.75) is 79.4 Å². The molecule has 1 aliphatic carbocycles. The molecule has 2 aromatic carbocycles. The second-order valence-corrected chi connectivity index (χ2v) is 11.4. The molecule has 0 bridgehead atoms. The third-order valence-corrected chi connectivity index (χ3v) is 6.67. The van der Waals surface area contributed by atoms with Crippen LogP contribution in [0.5, 0.6) is 5.75 Å². The third kappa shape index (κ3) is 8.30. The predicted molar refractivity (Wildman–Crippen MR) is 141 cm³/mol. The second-order valence-electron chi connectivity index (χ2n) is 11.4. The van der Waals surface area contributed by atoms with Gasteiger partial charge in [0.1, 0.15) is 18.5 Å². The normalized spacial score (nSPS) is 16.7. The molecule has 2 N–H and O–H groups in total. The van der Waals surface area contributed by atoms with Gasteiger partial charge in [0.25, 0.3) is 0 Å². The number of benzene rings is 2. The van der Waals surface area contributed by atoms with E-state index in [0.717, 1.165) is 48.2 Å². The summed E-state index contributed by atoms with van der Waals surface area (Å²) < 4.78 is 11.8. The van der Waals surface area contributed by atoms with E-state index in [1.54, 1.807) is 0 Å². The maximum absolute atomic E-state index is 12.6. The van der Waals surface area contributed by atoms with E-state index in [9.17, 15) is 9.59 Å². The molecule has 1 atom stereocenters. The molecule has 0 radical (unpaired) electrons. The molecule has 190 valence electrons. The van der Waals surface area contributed by atoms with E-state index in [1.807, 2.05) is 69.3 Å². The molecule has 0 heterocycles. The van der Waals surface area contributed by atoms with Crippen LogP contribution in [0.3, 0.4) is 0 Å². The number of hydrogen-bond donors (Lipinski definition) is 2. The van der Waals surface area contributed by atoms with Crippen molar-refractivity contribution in [3.63, 3.8) is 0 Å². The Morgan fingerprint density at radius 3 is 2.03 bits per heavy atom. The lowest BCUT2D eigenvalue weighted by Crippen LogP contribution is -2.44. The first-order valence-corrected chi connectivity index (χ1v) is 12.5. The zero-order chi connectivity index (χ0) is 25.6. The average Bonchev–Trinajstić information content (AvgIpc) is 2.78. The van der Waals surface area contributed by atoms with Gasteiger partial charge in [-0.3, -0.25) is 4.79 Å². The van der Waals surface area contributed by atoms with Crippen LogP contribution in [0.15, 0.2) is 48.5 Å². The highest BCUT2D eigenvalue weighted by Crippen LogP contribution is 2.35. The molecule has 6 heteroatoms. The molecule has 1 fully saturated rings. The van der Waals surface area contributed by atoms with E-state index in [4.69, 9.17) is 9.47 Å². The summed E-state index contributed by atoms with van der Waals surface area (Å²) >= 11 is 0. The molecule has 1 unspecified atom stereocenters. The summed E-state index contributed by atoms with van der Waals surface area (Å²) in [6, 6.07) is 15.7. The highest BCUT2D eigenvalue weighted by atomic mass is 16.6. The number of nitrogens with one attached hydrogen (secondary N) is 2. The van der Waals surface area contributed by atoms with Crippen LogP contribution in [0.1, 0.15) is 67.2 Å². The fourth-order valence-electron chi connectivity index (χ4n) is 4.20. The molecular formula is C29H40N2O4. The lowest BCUT2D eigenvalue weighted by Gasteiger charge is -2.35. The van der Waals surface area contributed by atoms with Gasteiger partial charge in [0.05, 0.1) is 0 Å². The average molecular weight is 481 g/mol. The van der Waals surface area contributed by atoms with Gasteiger partial charge in [-0.05, 0) is 66.5 Å². The maximum atomic E-state index is 12.6. The maximum Gasteiger partial charge on any atom is 0.407 e. The SMILES string of the molecule is CC(=O)Nc1ccc(-c2ccc(OCC(OC(=O)NC3CCC(C)(C)CC3)C(C)(C)C)cc2)cc1. The van der Waals surface area contributed by atoms with Crippen LogP contribution in [-0.2, 0) is 9.53 Å². The Kier molecular flexibility index (Phi) is 8.47. The molecule has 1 saturated carbocycles.